The summed E-state index contributed by atoms with van der Waals surface area (Å²) in [7, 11) is 0. The van der Waals surface area contributed by atoms with E-state index in [1.807, 2.05) is 31.2 Å². The highest BCUT2D eigenvalue weighted by Gasteiger charge is 2.16. The number of rotatable bonds is 4. The summed E-state index contributed by atoms with van der Waals surface area (Å²) in [5, 5.41) is 5.69. The van der Waals surface area contributed by atoms with Crippen molar-refractivity contribution in [3.63, 3.8) is 0 Å². The molecular formula is C22H26N2O2. The molecule has 2 N–H and O–H groups in total. The van der Waals surface area contributed by atoms with Crippen molar-refractivity contribution in [2.24, 2.45) is 0 Å². The van der Waals surface area contributed by atoms with Crippen molar-refractivity contribution < 1.29 is 9.59 Å². The summed E-state index contributed by atoms with van der Waals surface area (Å²) in [4.78, 5) is 23.8. The van der Waals surface area contributed by atoms with Crippen molar-refractivity contribution in [1.29, 1.82) is 0 Å². The standard InChI is InChI=1S/C22H26N2O2/c1-15-8-13-20(23-16(2)25)14-21(15)24-22(26)19-11-9-18(10-12-19)17-6-4-3-5-7-17/h8-14,17H,3-7H2,1-2H3,(H,23,25)(H,24,26). The largest absolute Gasteiger partial charge is 0.326 e. The molecule has 4 nitrogen and oxygen atoms in total. The van der Waals surface area contributed by atoms with E-state index in [0.29, 0.717) is 22.9 Å². The second-order valence-electron chi connectivity index (χ2n) is 7.12. The summed E-state index contributed by atoms with van der Waals surface area (Å²) in [5.41, 5.74) is 4.31. The van der Waals surface area contributed by atoms with Gasteiger partial charge >= 0.3 is 0 Å². The second-order valence-corrected chi connectivity index (χ2v) is 7.12. The van der Waals surface area contributed by atoms with Gasteiger partial charge in [0.2, 0.25) is 5.91 Å². The Bertz CT molecular complexity index is 790. The molecule has 0 spiro atoms. The zero-order valence-corrected chi connectivity index (χ0v) is 15.5. The van der Waals surface area contributed by atoms with Crippen molar-refractivity contribution >= 4 is 23.2 Å². The monoisotopic (exact) mass is 350 g/mol. The topological polar surface area (TPSA) is 58.2 Å². The van der Waals surface area contributed by atoms with Crippen LogP contribution < -0.4 is 10.6 Å². The first kappa shape index (κ1) is 18.2. The minimum Gasteiger partial charge on any atom is -0.326 e. The average molecular weight is 350 g/mol. The molecule has 2 aromatic rings. The fraction of sp³-hybridized carbons (Fsp3) is 0.364. The molecule has 4 heteroatoms. The third-order valence-corrected chi connectivity index (χ3v) is 5.06. The lowest BCUT2D eigenvalue weighted by atomic mass is 9.84. The lowest BCUT2D eigenvalue weighted by Gasteiger charge is -2.22. The van der Waals surface area contributed by atoms with Gasteiger partial charge in [0.15, 0.2) is 0 Å². The minimum atomic E-state index is -0.136. The van der Waals surface area contributed by atoms with Crippen LogP contribution >= 0.6 is 0 Å². The Morgan fingerprint density at radius 2 is 1.62 bits per heavy atom. The molecular weight excluding hydrogens is 324 g/mol. The van der Waals surface area contributed by atoms with Crippen LogP contribution in [0.1, 0.15) is 66.4 Å². The molecule has 0 aromatic heterocycles. The third-order valence-electron chi connectivity index (χ3n) is 5.06. The van der Waals surface area contributed by atoms with Crippen LogP contribution in [0.4, 0.5) is 11.4 Å². The summed E-state index contributed by atoms with van der Waals surface area (Å²) in [6.45, 7) is 3.39. The number of anilines is 2. The van der Waals surface area contributed by atoms with Crippen molar-refractivity contribution in [2.45, 2.75) is 51.9 Å². The number of carbonyl (C=O) groups is 2. The van der Waals surface area contributed by atoms with Crippen molar-refractivity contribution in [3.8, 4) is 0 Å². The molecule has 0 saturated heterocycles. The predicted octanol–water partition coefficient (Wildman–Crippen LogP) is 5.25. The van der Waals surface area contributed by atoms with Crippen LogP contribution in [-0.2, 0) is 4.79 Å². The zero-order valence-electron chi connectivity index (χ0n) is 15.5. The maximum absolute atomic E-state index is 12.6. The summed E-state index contributed by atoms with van der Waals surface area (Å²) in [6.07, 6.45) is 6.45. The Morgan fingerprint density at radius 3 is 2.27 bits per heavy atom. The first-order valence-corrected chi connectivity index (χ1v) is 9.32. The van der Waals surface area contributed by atoms with E-state index in [1.54, 1.807) is 6.07 Å². The molecule has 1 aliphatic rings. The van der Waals surface area contributed by atoms with Crippen molar-refractivity contribution in [1.82, 2.24) is 0 Å². The van der Waals surface area contributed by atoms with Gasteiger partial charge in [0, 0.05) is 23.9 Å². The molecule has 26 heavy (non-hydrogen) atoms. The molecule has 1 fully saturated rings. The van der Waals surface area contributed by atoms with E-state index in [1.165, 1.54) is 44.6 Å². The van der Waals surface area contributed by atoms with Gasteiger partial charge < -0.3 is 10.6 Å². The van der Waals surface area contributed by atoms with Crippen LogP contribution in [0.25, 0.3) is 0 Å². The molecule has 0 radical (unpaired) electrons. The van der Waals surface area contributed by atoms with Crippen molar-refractivity contribution in [2.75, 3.05) is 10.6 Å². The van der Waals surface area contributed by atoms with Gasteiger partial charge in [-0.25, -0.2) is 0 Å². The van der Waals surface area contributed by atoms with E-state index in [9.17, 15) is 9.59 Å². The molecule has 0 heterocycles. The Kier molecular flexibility index (Phi) is 5.71. The molecule has 0 aliphatic heterocycles. The second kappa shape index (κ2) is 8.17. The number of aryl methyl sites for hydroxylation is 1. The minimum absolute atomic E-state index is 0.135. The fourth-order valence-electron chi connectivity index (χ4n) is 3.57. The zero-order chi connectivity index (χ0) is 18.5. The predicted molar refractivity (Wildman–Crippen MR) is 106 cm³/mol. The Hall–Kier alpha value is -2.62. The van der Waals surface area contributed by atoms with E-state index >= 15 is 0 Å². The Morgan fingerprint density at radius 1 is 0.923 bits per heavy atom. The first-order chi connectivity index (χ1) is 12.5. The van der Waals surface area contributed by atoms with Crippen LogP contribution in [-0.4, -0.2) is 11.8 Å². The molecule has 0 unspecified atom stereocenters. The van der Waals surface area contributed by atoms with Gasteiger partial charge in [-0.15, -0.1) is 0 Å². The highest BCUT2D eigenvalue weighted by Crippen LogP contribution is 2.32. The summed E-state index contributed by atoms with van der Waals surface area (Å²) >= 11 is 0. The van der Waals surface area contributed by atoms with Gasteiger partial charge in [0.25, 0.3) is 5.91 Å². The maximum atomic E-state index is 12.6. The van der Waals surface area contributed by atoms with Gasteiger partial charge in [-0.2, -0.15) is 0 Å². The molecule has 136 valence electrons. The molecule has 1 aliphatic carbocycles. The van der Waals surface area contributed by atoms with E-state index in [0.717, 1.165) is 5.56 Å². The molecule has 2 amide bonds. The van der Waals surface area contributed by atoms with Gasteiger partial charge in [-0.05, 0) is 61.1 Å². The number of benzene rings is 2. The maximum Gasteiger partial charge on any atom is 0.255 e. The molecule has 1 saturated carbocycles. The highest BCUT2D eigenvalue weighted by atomic mass is 16.2. The van der Waals surface area contributed by atoms with Crippen LogP contribution in [0.2, 0.25) is 0 Å². The SMILES string of the molecule is CC(=O)Nc1ccc(C)c(NC(=O)c2ccc(C3CCCCC3)cc2)c1. The lowest BCUT2D eigenvalue weighted by Crippen LogP contribution is -2.14. The van der Waals surface area contributed by atoms with Crippen LogP contribution in [0.5, 0.6) is 0 Å². The molecule has 0 bridgehead atoms. The number of hydrogen-bond acceptors (Lipinski definition) is 2. The fourth-order valence-corrected chi connectivity index (χ4v) is 3.57. The summed E-state index contributed by atoms with van der Waals surface area (Å²) < 4.78 is 0. The van der Waals surface area contributed by atoms with Gasteiger partial charge in [0.05, 0.1) is 0 Å². The van der Waals surface area contributed by atoms with Gasteiger partial charge in [-0.3, -0.25) is 9.59 Å². The van der Waals surface area contributed by atoms with Gasteiger partial charge in [-0.1, -0.05) is 37.5 Å². The number of amides is 2. The van der Waals surface area contributed by atoms with E-state index in [-0.39, 0.29) is 11.8 Å². The third kappa shape index (κ3) is 4.51. The lowest BCUT2D eigenvalue weighted by molar-refractivity contribution is -0.114. The Balaban J connectivity index is 1.70. The molecule has 0 atom stereocenters. The van der Waals surface area contributed by atoms with E-state index in [2.05, 4.69) is 22.8 Å². The number of hydrogen-bond donors (Lipinski definition) is 2. The summed E-state index contributed by atoms with van der Waals surface area (Å²) in [5.74, 6) is 0.366. The molecule has 2 aromatic carbocycles. The van der Waals surface area contributed by atoms with Crippen LogP contribution in [0.3, 0.4) is 0 Å². The van der Waals surface area contributed by atoms with Crippen LogP contribution in [0, 0.1) is 6.92 Å². The molecule has 3 rings (SSSR count). The van der Waals surface area contributed by atoms with E-state index in [4.69, 9.17) is 0 Å². The van der Waals surface area contributed by atoms with E-state index < -0.39 is 0 Å². The average Bonchev–Trinajstić information content (AvgIpc) is 2.65. The van der Waals surface area contributed by atoms with Gasteiger partial charge in [0.1, 0.15) is 0 Å². The number of nitrogens with one attached hydrogen (secondary N) is 2. The van der Waals surface area contributed by atoms with Crippen molar-refractivity contribution in [3.05, 3.63) is 59.2 Å². The number of carbonyl (C=O) groups excluding carboxylic acids is 2. The van der Waals surface area contributed by atoms with Crippen LogP contribution in [0.15, 0.2) is 42.5 Å². The normalized spacial score (nSPS) is 14.7. The Labute approximate surface area is 155 Å². The smallest absolute Gasteiger partial charge is 0.255 e. The first-order valence-electron chi connectivity index (χ1n) is 9.32. The quantitative estimate of drug-likeness (QED) is 0.791. The summed E-state index contributed by atoms with van der Waals surface area (Å²) in [6, 6.07) is 13.5. The highest BCUT2D eigenvalue weighted by molar-refractivity contribution is 6.05.